The molecule has 14 heteroatoms. The zero-order valence-electron chi connectivity index (χ0n) is 16.0. The zero-order chi connectivity index (χ0) is 22.9. The van der Waals surface area contributed by atoms with E-state index in [4.69, 9.17) is 15.6 Å². The molecule has 1 aromatic rings. The van der Waals surface area contributed by atoms with Crippen LogP contribution >= 0.6 is 11.3 Å². The number of fused-ring (bicyclic) bond motifs is 1. The number of amides is 4. The molecule has 1 saturated heterocycles. The lowest BCUT2D eigenvalue weighted by Crippen LogP contribution is -2.57. The molecule has 3 rings (SSSR count). The van der Waals surface area contributed by atoms with E-state index in [0.29, 0.717) is 10.4 Å². The van der Waals surface area contributed by atoms with Crippen molar-refractivity contribution in [3.63, 3.8) is 0 Å². The number of carboxylic acids is 2. The molecule has 1 unspecified atom stereocenters. The summed E-state index contributed by atoms with van der Waals surface area (Å²) in [5, 5.41) is 20.2. The van der Waals surface area contributed by atoms with Gasteiger partial charge in [-0.25, -0.2) is 9.59 Å². The summed E-state index contributed by atoms with van der Waals surface area (Å²) in [4.78, 5) is 72.5. The molecule has 2 aliphatic heterocycles. The van der Waals surface area contributed by atoms with Gasteiger partial charge in [-0.3, -0.25) is 29.0 Å². The van der Waals surface area contributed by atoms with Gasteiger partial charge < -0.3 is 26.0 Å². The molecular formula is C17H18N4O9S. The standard InChI is InChI=1S/C17H18N4O9S/c18-10(22)3-20-4-11(23)21(12(24)5-20)2-7-1-8-9(6-30-7)31-15(13(8)16(26)27)19-14(25)17(28)29/h7H,1-6H2,(H2,18,22)(H,19,25)(H,26,27)(H,28,29). The number of aromatic carboxylic acids is 1. The first-order valence-corrected chi connectivity index (χ1v) is 9.76. The highest BCUT2D eigenvalue weighted by atomic mass is 32.1. The molecule has 31 heavy (non-hydrogen) atoms. The molecule has 5 N–H and O–H groups in total. The van der Waals surface area contributed by atoms with E-state index in [1.54, 1.807) is 0 Å². The second kappa shape index (κ2) is 8.79. The number of carbonyl (C=O) groups excluding carboxylic acids is 4. The molecule has 13 nitrogen and oxygen atoms in total. The second-order valence-corrected chi connectivity index (χ2v) is 8.02. The number of hydrogen-bond acceptors (Lipinski definition) is 9. The van der Waals surface area contributed by atoms with Crippen molar-refractivity contribution in [3.05, 3.63) is 16.0 Å². The maximum atomic E-state index is 12.3. The Morgan fingerprint density at radius 2 is 1.81 bits per heavy atom. The summed E-state index contributed by atoms with van der Waals surface area (Å²) < 4.78 is 5.65. The number of primary amides is 1. The Balaban J connectivity index is 1.74. The number of rotatable bonds is 6. The van der Waals surface area contributed by atoms with Gasteiger partial charge in [-0.2, -0.15) is 0 Å². The Bertz CT molecular complexity index is 970. The van der Waals surface area contributed by atoms with Gasteiger partial charge in [0.2, 0.25) is 17.7 Å². The zero-order valence-corrected chi connectivity index (χ0v) is 16.8. The van der Waals surface area contributed by atoms with E-state index >= 15 is 0 Å². The van der Waals surface area contributed by atoms with Gasteiger partial charge >= 0.3 is 17.8 Å². The van der Waals surface area contributed by atoms with E-state index in [-0.39, 0.29) is 49.8 Å². The van der Waals surface area contributed by atoms with E-state index < -0.39 is 41.7 Å². The summed E-state index contributed by atoms with van der Waals surface area (Å²) in [6.07, 6.45) is -0.655. The lowest BCUT2D eigenvalue weighted by atomic mass is 10.00. The van der Waals surface area contributed by atoms with E-state index in [2.05, 4.69) is 5.32 Å². The van der Waals surface area contributed by atoms with Crippen LogP contribution in [0.2, 0.25) is 0 Å². The molecule has 1 atom stereocenters. The average Bonchev–Trinajstić information content (AvgIpc) is 3.01. The molecular weight excluding hydrogens is 436 g/mol. The van der Waals surface area contributed by atoms with Crippen molar-refractivity contribution in [2.45, 2.75) is 19.1 Å². The van der Waals surface area contributed by atoms with E-state index in [9.17, 15) is 33.9 Å². The van der Waals surface area contributed by atoms with Crippen LogP contribution < -0.4 is 11.1 Å². The number of nitrogens with one attached hydrogen (secondary N) is 1. The van der Waals surface area contributed by atoms with Crippen LogP contribution in [0.4, 0.5) is 5.00 Å². The molecule has 1 fully saturated rings. The van der Waals surface area contributed by atoms with Crippen LogP contribution in [-0.2, 0) is 41.7 Å². The summed E-state index contributed by atoms with van der Waals surface area (Å²) in [5.74, 6) is -6.23. The fraction of sp³-hybridized carbons (Fsp3) is 0.412. The highest BCUT2D eigenvalue weighted by Crippen LogP contribution is 2.38. The Hall–Kier alpha value is -3.36. The van der Waals surface area contributed by atoms with Gasteiger partial charge in [0.25, 0.3) is 0 Å². The van der Waals surface area contributed by atoms with E-state index in [1.807, 2.05) is 0 Å². The van der Waals surface area contributed by atoms with Crippen molar-refractivity contribution < 1.29 is 43.7 Å². The van der Waals surface area contributed by atoms with Crippen molar-refractivity contribution in [3.8, 4) is 0 Å². The van der Waals surface area contributed by atoms with E-state index in [0.717, 1.165) is 16.2 Å². The smallest absolute Gasteiger partial charge is 0.394 e. The monoisotopic (exact) mass is 454 g/mol. The maximum absolute atomic E-state index is 12.3. The van der Waals surface area contributed by atoms with Crippen LogP contribution in [0.3, 0.4) is 0 Å². The SMILES string of the molecule is NC(=O)CN1CC(=O)N(CC2Cc3c(sc(NC(=O)C(=O)O)c3C(=O)O)CO2)C(=O)C1. The third-order valence-corrected chi connectivity index (χ3v) is 5.81. The Morgan fingerprint density at radius 3 is 2.35 bits per heavy atom. The third-order valence-electron chi connectivity index (χ3n) is 4.69. The largest absolute Gasteiger partial charge is 0.478 e. The van der Waals surface area contributed by atoms with Gasteiger partial charge in [0.05, 0.1) is 44.5 Å². The maximum Gasteiger partial charge on any atom is 0.394 e. The van der Waals surface area contributed by atoms with Crippen LogP contribution in [0.25, 0.3) is 0 Å². The first kappa shape index (κ1) is 22.3. The lowest BCUT2D eigenvalue weighted by Gasteiger charge is -2.34. The fourth-order valence-corrected chi connectivity index (χ4v) is 4.54. The molecule has 166 valence electrons. The van der Waals surface area contributed by atoms with Crippen LogP contribution in [0, 0.1) is 0 Å². The molecule has 0 aromatic carbocycles. The number of nitrogens with zero attached hydrogens (tertiary/aromatic N) is 2. The van der Waals surface area contributed by atoms with Gasteiger partial charge in [-0.15, -0.1) is 11.3 Å². The Kier molecular flexibility index (Phi) is 6.33. The van der Waals surface area contributed by atoms with Crippen LogP contribution in [0.5, 0.6) is 0 Å². The fourth-order valence-electron chi connectivity index (χ4n) is 3.40. The van der Waals surface area contributed by atoms with Crippen LogP contribution in [0.15, 0.2) is 0 Å². The van der Waals surface area contributed by atoms with Gasteiger partial charge in [-0.05, 0) is 5.56 Å². The number of ether oxygens (including phenoxy) is 1. The highest BCUT2D eigenvalue weighted by Gasteiger charge is 2.36. The first-order valence-electron chi connectivity index (χ1n) is 8.94. The number of thiophene rings is 1. The second-order valence-electron chi connectivity index (χ2n) is 6.92. The third kappa shape index (κ3) is 4.87. The number of carboxylic acid groups (broad SMARTS) is 2. The van der Waals surface area contributed by atoms with Crippen LogP contribution in [-0.4, -0.2) is 87.9 Å². The molecule has 0 radical (unpaired) electrons. The molecule has 0 spiro atoms. The molecule has 0 bridgehead atoms. The van der Waals surface area contributed by atoms with E-state index in [1.165, 1.54) is 4.90 Å². The Morgan fingerprint density at radius 1 is 1.16 bits per heavy atom. The van der Waals surface area contributed by atoms with Gasteiger partial charge in [0, 0.05) is 11.3 Å². The normalized spacial score (nSPS) is 19.1. The minimum absolute atomic E-state index is 0.0299. The number of imide groups is 1. The van der Waals surface area contributed by atoms with Crippen molar-refractivity contribution in [1.82, 2.24) is 9.80 Å². The topological polar surface area (TPSA) is 197 Å². The highest BCUT2D eigenvalue weighted by molar-refractivity contribution is 7.17. The Labute approximate surface area is 178 Å². The summed E-state index contributed by atoms with van der Waals surface area (Å²) in [7, 11) is 0. The number of carbonyl (C=O) groups is 6. The minimum atomic E-state index is -1.76. The summed E-state index contributed by atoms with van der Waals surface area (Å²) in [5.41, 5.74) is 5.19. The predicted molar refractivity (Wildman–Crippen MR) is 102 cm³/mol. The molecule has 4 amide bonds. The van der Waals surface area contributed by atoms with Gasteiger partial charge in [0.15, 0.2) is 0 Å². The van der Waals surface area contributed by atoms with Crippen molar-refractivity contribution in [2.75, 3.05) is 31.5 Å². The molecule has 3 heterocycles. The minimum Gasteiger partial charge on any atom is -0.478 e. The molecule has 1 aromatic heterocycles. The summed E-state index contributed by atoms with van der Waals surface area (Å²) >= 11 is 0.892. The van der Waals surface area contributed by atoms with Crippen molar-refractivity contribution >= 4 is 51.9 Å². The predicted octanol–water partition coefficient (Wildman–Crippen LogP) is -1.93. The molecule has 2 aliphatic rings. The number of nitrogens with two attached hydrogens (primary N) is 1. The lowest BCUT2D eigenvalue weighted by molar-refractivity contribution is -0.154. The first-order chi connectivity index (χ1) is 14.6. The quantitative estimate of drug-likeness (QED) is 0.277. The van der Waals surface area contributed by atoms with Gasteiger partial charge in [0.1, 0.15) is 5.00 Å². The molecule has 0 aliphatic carbocycles. The number of piperazine rings is 1. The average molecular weight is 454 g/mol. The van der Waals surface area contributed by atoms with Gasteiger partial charge in [-0.1, -0.05) is 0 Å². The van der Waals surface area contributed by atoms with Crippen molar-refractivity contribution in [2.24, 2.45) is 5.73 Å². The van der Waals surface area contributed by atoms with Crippen LogP contribution in [0.1, 0.15) is 20.8 Å². The van der Waals surface area contributed by atoms with Crippen molar-refractivity contribution in [1.29, 1.82) is 0 Å². The number of hydrogen-bond donors (Lipinski definition) is 4. The number of aliphatic carboxylic acids is 1. The number of anilines is 1. The summed E-state index contributed by atoms with van der Waals surface area (Å²) in [6.45, 7) is -0.713. The summed E-state index contributed by atoms with van der Waals surface area (Å²) in [6, 6.07) is 0. The molecule has 0 saturated carbocycles.